The SMILES string of the molecule is CC(C)C1CCCC(N(CCC(=O)O)C2CC2)CC1. The first-order chi connectivity index (χ1) is 9.08. The monoisotopic (exact) mass is 267 g/mol. The van der Waals surface area contributed by atoms with Gasteiger partial charge in [0.15, 0.2) is 0 Å². The van der Waals surface area contributed by atoms with Crippen molar-refractivity contribution in [3.8, 4) is 0 Å². The van der Waals surface area contributed by atoms with Gasteiger partial charge in [0.1, 0.15) is 0 Å². The lowest BCUT2D eigenvalue weighted by Crippen LogP contribution is -2.38. The van der Waals surface area contributed by atoms with Crippen LogP contribution in [0.2, 0.25) is 0 Å². The molecule has 0 amide bonds. The molecule has 0 bridgehead atoms. The van der Waals surface area contributed by atoms with Crippen LogP contribution in [-0.4, -0.2) is 34.6 Å². The maximum atomic E-state index is 10.8. The van der Waals surface area contributed by atoms with E-state index in [9.17, 15) is 4.79 Å². The standard InChI is InChI=1S/C16H29NO2/c1-12(2)13-4-3-5-14(7-6-13)17(15-8-9-15)11-10-16(18)19/h12-15H,3-11H2,1-2H3,(H,18,19). The van der Waals surface area contributed by atoms with Gasteiger partial charge in [-0.15, -0.1) is 0 Å². The van der Waals surface area contributed by atoms with Gasteiger partial charge in [-0.25, -0.2) is 0 Å². The fourth-order valence-corrected chi connectivity index (χ4v) is 3.60. The molecule has 0 aromatic carbocycles. The van der Waals surface area contributed by atoms with Gasteiger partial charge >= 0.3 is 5.97 Å². The molecule has 3 heteroatoms. The molecule has 2 atom stereocenters. The van der Waals surface area contributed by atoms with Crippen LogP contribution in [0.3, 0.4) is 0 Å². The predicted octanol–water partition coefficient (Wildman–Crippen LogP) is 3.53. The van der Waals surface area contributed by atoms with E-state index in [1.165, 1.54) is 44.9 Å². The van der Waals surface area contributed by atoms with Crippen molar-refractivity contribution >= 4 is 5.97 Å². The number of carbonyl (C=O) groups is 1. The number of hydrogen-bond donors (Lipinski definition) is 1. The van der Waals surface area contributed by atoms with E-state index in [4.69, 9.17) is 5.11 Å². The predicted molar refractivity (Wildman–Crippen MR) is 77.2 cm³/mol. The van der Waals surface area contributed by atoms with Crippen LogP contribution in [0, 0.1) is 11.8 Å². The average molecular weight is 267 g/mol. The minimum atomic E-state index is -0.653. The molecule has 0 heterocycles. The molecule has 19 heavy (non-hydrogen) atoms. The molecule has 2 saturated carbocycles. The summed E-state index contributed by atoms with van der Waals surface area (Å²) in [5.41, 5.74) is 0. The van der Waals surface area contributed by atoms with E-state index in [0.29, 0.717) is 18.5 Å². The summed E-state index contributed by atoms with van der Waals surface area (Å²) in [4.78, 5) is 13.3. The Balaban J connectivity index is 1.88. The van der Waals surface area contributed by atoms with E-state index < -0.39 is 5.97 Å². The van der Waals surface area contributed by atoms with Gasteiger partial charge in [-0.2, -0.15) is 0 Å². The molecule has 3 nitrogen and oxygen atoms in total. The Labute approximate surface area is 117 Å². The zero-order chi connectivity index (χ0) is 13.8. The summed E-state index contributed by atoms with van der Waals surface area (Å²) < 4.78 is 0. The molecule has 2 aliphatic carbocycles. The molecule has 2 fully saturated rings. The molecule has 110 valence electrons. The Morgan fingerprint density at radius 2 is 1.74 bits per heavy atom. The van der Waals surface area contributed by atoms with Gasteiger partial charge in [-0.3, -0.25) is 9.69 Å². The van der Waals surface area contributed by atoms with E-state index >= 15 is 0 Å². The minimum absolute atomic E-state index is 0.306. The van der Waals surface area contributed by atoms with Crippen molar-refractivity contribution in [1.82, 2.24) is 4.90 Å². The number of carboxylic acid groups (broad SMARTS) is 1. The third-order valence-corrected chi connectivity index (χ3v) is 4.99. The zero-order valence-corrected chi connectivity index (χ0v) is 12.5. The summed E-state index contributed by atoms with van der Waals surface area (Å²) in [6, 6.07) is 1.34. The highest BCUT2D eigenvalue weighted by Crippen LogP contribution is 2.36. The van der Waals surface area contributed by atoms with Crippen LogP contribution in [-0.2, 0) is 4.79 Å². The lowest BCUT2D eigenvalue weighted by molar-refractivity contribution is -0.137. The second-order valence-corrected chi connectivity index (χ2v) is 6.78. The zero-order valence-electron chi connectivity index (χ0n) is 12.5. The molecule has 2 unspecified atom stereocenters. The van der Waals surface area contributed by atoms with Crippen LogP contribution in [0.5, 0.6) is 0 Å². The summed E-state index contributed by atoms with van der Waals surface area (Å²) in [5.74, 6) is 1.03. The van der Waals surface area contributed by atoms with Gasteiger partial charge in [0.25, 0.3) is 0 Å². The fourth-order valence-electron chi connectivity index (χ4n) is 3.60. The van der Waals surface area contributed by atoms with Gasteiger partial charge in [-0.05, 0) is 43.9 Å². The number of aliphatic carboxylic acids is 1. The highest BCUT2D eigenvalue weighted by molar-refractivity contribution is 5.66. The molecular formula is C16H29NO2. The molecule has 0 aliphatic heterocycles. The van der Waals surface area contributed by atoms with Crippen molar-refractivity contribution in [2.45, 2.75) is 77.3 Å². The van der Waals surface area contributed by atoms with Crippen LogP contribution in [0.15, 0.2) is 0 Å². The van der Waals surface area contributed by atoms with E-state index in [0.717, 1.165) is 18.4 Å². The van der Waals surface area contributed by atoms with Crippen LogP contribution in [0.1, 0.15) is 65.2 Å². The first kappa shape index (κ1) is 14.8. The van der Waals surface area contributed by atoms with Crippen molar-refractivity contribution in [2.24, 2.45) is 11.8 Å². The molecule has 2 rings (SSSR count). The Kier molecular flexibility index (Phi) is 5.26. The van der Waals surface area contributed by atoms with Crippen molar-refractivity contribution in [3.63, 3.8) is 0 Å². The van der Waals surface area contributed by atoms with Gasteiger partial charge < -0.3 is 5.11 Å². The van der Waals surface area contributed by atoms with Gasteiger partial charge in [-0.1, -0.05) is 26.7 Å². The Morgan fingerprint density at radius 1 is 1.11 bits per heavy atom. The van der Waals surface area contributed by atoms with E-state index in [-0.39, 0.29) is 0 Å². The Morgan fingerprint density at radius 3 is 2.32 bits per heavy atom. The molecule has 0 radical (unpaired) electrons. The summed E-state index contributed by atoms with van der Waals surface area (Å²) in [7, 11) is 0. The van der Waals surface area contributed by atoms with E-state index in [1.807, 2.05) is 0 Å². The van der Waals surface area contributed by atoms with Gasteiger partial charge in [0.05, 0.1) is 6.42 Å². The third-order valence-electron chi connectivity index (χ3n) is 4.99. The van der Waals surface area contributed by atoms with Crippen molar-refractivity contribution in [2.75, 3.05) is 6.54 Å². The van der Waals surface area contributed by atoms with Crippen molar-refractivity contribution in [1.29, 1.82) is 0 Å². The van der Waals surface area contributed by atoms with Crippen LogP contribution >= 0.6 is 0 Å². The highest BCUT2D eigenvalue weighted by Gasteiger charge is 2.35. The molecule has 0 aromatic rings. The summed E-state index contributed by atoms with van der Waals surface area (Å²) >= 11 is 0. The molecular weight excluding hydrogens is 238 g/mol. The fraction of sp³-hybridized carbons (Fsp3) is 0.938. The maximum absolute atomic E-state index is 10.8. The first-order valence-corrected chi connectivity index (χ1v) is 8.05. The topological polar surface area (TPSA) is 40.5 Å². The summed E-state index contributed by atoms with van der Waals surface area (Å²) in [6.45, 7) is 5.44. The van der Waals surface area contributed by atoms with Crippen LogP contribution < -0.4 is 0 Å². The number of rotatable bonds is 6. The van der Waals surface area contributed by atoms with Crippen LogP contribution in [0.25, 0.3) is 0 Å². The number of carboxylic acids is 1. The molecule has 0 spiro atoms. The van der Waals surface area contributed by atoms with Crippen molar-refractivity contribution in [3.05, 3.63) is 0 Å². The van der Waals surface area contributed by atoms with E-state index in [1.54, 1.807) is 0 Å². The van der Waals surface area contributed by atoms with Gasteiger partial charge in [0, 0.05) is 18.6 Å². The first-order valence-electron chi connectivity index (χ1n) is 8.05. The quantitative estimate of drug-likeness (QED) is 0.748. The summed E-state index contributed by atoms with van der Waals surface area (Å²) in [6.07, 6.45) is 9.44. The normalized spacial score (nSPS) is 28.6. The second kappa shape index (κ2) is 6.74. The van der Waals surface area contributed by atoms with Gasteiger partial charge in [0.2, 0.25) is 0 Å². The Bertz CT molecular complexity index is 299. The highest BCUT2D eigenvalue weighted by atomic mass is 16.4. The molecule has 1 N–H and O–H groups in total. The van der Waals surface area contributed by atoms with Crippen molar-refractivity contribution < 1.29 is 9.90 Å². The lowest BCUT2D eigenvalue weighted by atomic mass is 9.89. The Hall–Kier alpha value is -0.570. The minimum Gasteiger partial charge on any atom is -0.481 e. The molecule has 2 aliphatic rings. The average Bonchev–Trinajstić information content (AvgIpc) is 3.14. The molecule has 0 aromatic heterocycles. The maximum Gasteiger partial charge on any atom is 0.304 e. The third kappa shape index (κ3) is 4.48. The number of nitrogens with zero attached hydrogens (tertiary/aromatic N) is 1. The molecule has 0 saturated heterocycles. The summed E-state index contributed by atoms with van der Waals surface area (Å²) in [5, 5.41) is 8.91. The second-order valence-electron chi connectivity index (χ2n) is 6.78. The lowest BCUT2D eigenvalue weighted by Gasteiger charge is -2.31. The smallest absolute Gasteiger partial charge is 0.304 e. The van der Waals surface area contributed by atoms with E-state index in [2.05, 4.69) is 18.7 Å². The number of hydrogen-bond acceptors (Lipinski definition) is 2. The van der Waals surface area contributed by atoms with Crippen LogP contribution in [0.4, 0.5) is 0 Å². The largest absolute Gasteiger partial charge is 0.481 e.